The highest BCUT2D eigenvalue weighted by Gasteiger charge is 2.07. The van der Waals surface area contributed by atoms with Gasteiger partial charge in [0.15, 0.2) is 0 Å². The van der Waals surface area contributed by atoms with Crippen LogP contribution in [-0.2, 0) is 6.54 Å². The van der Waals surface area contributed by atoms with Gasteiger partial charge in [-0.25, -0.2) is 0 Å². The zero-order valence-electron chi connectivity index (χ0n) is 12.8. The molecule has 0 radical (unpaired) electrons. The van der Waals surface area contributed by atoms with Crippen molar-refractivity contribution in [3.05, 3.63) is 65.2 Å². The molecule has 3 heteroatoms. The molecule has 2 rings (SSSR count). The first-order chi connectivity index (χ1) is 10.1. The third kappa shape index (κ3) is 4.34. The third-order valence-electron chi connectivity index (χ3n) is 3.32. The van der Waals surface area contributed by atoms with Crippen molar-refractivity contribution in [2.75, 3.05) is 19.4 Å². The van der Waals surface area contributed by atoms with E-state index in [9.17, 15) is 0 Å². The maximum Gasteiger partial charge on any atom is 0.0992 e. The van der Waals surface area contributed by atoms with Gasteiger partial charge in [0.25, 0.3) is 0 Å². The Kier molecular flexibility index (Phi) is 4.97. The first kappa shape index (κ1) is 15.1. The summed E-state index contributed by atoms with van der Waals surface area (Å²) in [4.78, 5) is 2.16. The molecule has 0 amide bonds. The lowest BCUT2D eigenvalue weighted by molar-refractivity contribution is 0.402. The summed E-state index contributed by atoms with van der Waals surface area (Å²) < 4.78 is 0. The van der Waals surface area contributed by atoms with Gasteiger partial charge in [-0.15, -0.1) is 0 Å². The summed E-state index contributed by atoms with van der Waals surface area (Å²) in [7, 11) is 4.14. The predicted octanol–water partition coefficient (Wildman–Crippen LogP) is 3.79. The first-order valence-corrected chi connectivity index (χ1v) is 7.09. The average Bonchev–Trinajstić information content (AvgIpc) is 2.47. The van der Waals surface area contributed by atoms with Crippen LogP contribution in [0.25, 0.3) is 0 Å². The molecule has 1 N–H and O–H groups in total. The minimum absolute atomic E-state index is 0.195. The third-order valence-corrected chi connectivity index (χ3v) is 3.32. The summed E-state index contributed by atoms with van der Waals surface area (Å²) in [6.07, 6.45) is 0. The fourth-order valence-electron chi connectivity index (χ4n) is 2.34. The largest absolute Gasteiger partial charge is 0.378 e. The Morgan fingerprint density at radius 3 is 2.62 bits per heavy atom. The molecule has 0 aliphatic rings. The number of anilines is 1. The van der Waals surface area contributed by atoms with E-state index in [1.54, 1.807) is 0 Å². The highest BCUT2D eigenvalue weighted by Crippen LogP contribution is 2.21. The van der Waals surface area contributed by atoms with Crippen molar-refractivity contribution in [3.8, 4) is 6.07 Å². The molecule has 0 saturated heterocycles. The van der Waals surface area contributed by atoms with Crippen LogP contribution < -0.4 is 5.32 Å². The van der Waals surface area contributed by atoms with Crippen LogP contribution in [0.1, 0.15) is 29.7 Å². The molecular weight excluding hydrogens is 258 g/mol. The molecule has 2 aromatic rings. The van der Waals surface area contributed by atoms with Gasteiger partial charge >= 0.3 is 0 Å². The second kappa shape index (κ2) is 6.92. The summed E-state index contributed by atoms with van der Waals surface area (Å²) in [5.41, 5.74) is 4.20. The van der Waals surface area contributed by atoms with Crippen molar-refractivity contribution in [2.45, 2.75) is 19.5 Å². The van der Waals surface area contributed by atoms with E-state index >= 15 is 0 Å². The Morgan fingerprint density at radius 2 is 1.90 bits per heavy atom. The maximum absolute atomic E-state index is 8.95. The van der Waals surface area contributed by atoms with Crippen LogP contribution in [0.2, 0.25) is 0 Å². The van der Waals surface area contributed by atoms with E-state index in [-0.39, 0.29) is 6.04 Å². The van der Waals surface area contributed by atoms with Crippen molar-refractivity contribution in [3.63, 3.8) is 0 Å². The van der Waals surface area contributed by atoms with Gasteiger partial charge in [-0.3, -0.25) is 0 Å². The number of rotatable bonds is 5. The molecule has 0 saturated carbocycles. The fraction of sp³-hybridized carbons (Fsp3) is 0.278. The summed E-state index contributed by atoms with van der Waals surface area (Å²) in [5.74, 6) is 0. The topological polar surface area (TPSA) is 39.1 Å². The number of nitriles is 1. The number of hydrogen-bond donors (Lipinski definition) is 1. The second-order valence-electron chi connectivity index (χ2n) is 5.54. The molecule has 0 aliphatic carbocycles. The minimum Gasteiger partial charge on any atom is -0.378 e. The summed E-state index contributed by atoms with van der Waals surface area (Å²) in [6.45, 7) is 3.07. The molecular formula is C18H21N3. The Morgan fingerprint density at radius 1 is 1.14 bits per heavy atom. The molecule has 0 fully saturated rings. The number of nitrogens with zero attached hydrogens (tertiary/aromatic N) is 2. The van der Waals surface area contributed by atoms with E-state index in [0.717, 1.165) is 12.2 Å². The van der Waals surface area contributed by atoms with Gasteiger partial charge in [-0.1, -0.05) is 30.3 Å². The fourth-order valence-corrected chi connectivity index (χ4v) is 2.34. The van der Waals surface area contributed by atoms with E-state index in [0.29, 0.717) is 5.56 Å². The number of hydrogen-bond acceptors (Lipinski definition) is 3. The molecule has 0 heterocycles. The lowest BCUT2D eigenvalue weighted by Crippen LogP contribution is -2.12. The van der Waals surface area contributed by atoms with Crippen molar-refractivity contribution in [1.29, 1.82) is 5.26 Å². The summed E-state index contributed by atoms with van der Waals surface area (Å²) in [5, 5.41) is 12.4. The zero-order valence-corrected chi connectivity index (χ0v) is 12.8. The van der Waals surface area contributed by atoms with Crippen molar-refractivity contribution in [2.24, 2.45) is 0 Å². The Hall–Kier alpha value is -2.31. The normalized spacial score (nSPS) is 12.0. The van der Waals surface area contributed by atoms with Gasteiger partial charge in [-0.05, 0) is 50.3 Å². The lowest BCUT2D eigenvalue weighted by atomic mass is 10.0. The van der Waals surface area contributed by atoms with E-state index < -0.39 is 0 Å². The van der Waals surface area contributed by atoms with Crippen molar-refractivity contribution in [1.82, 2.24) is 4.90 Å². The Bertz CT molecular complexity index is 641. The molecule has 0 spiro atoms. The molecule has 108 valence electrons. The van der Waals surface area contributed by atoms with Crippen molar-refractivity contribution >= 4 is 5.69 Å². The molecule has 2 aromatic carbocycles. The average molecular weight is 279 g/mol. The van der Waals surface area contributed by atoms with Crippen LogP contribution in [0, 0.1) is 11.3 Å². The van der Waals surface area contributed by atoms with Crippen LogP contribution in [0.5, 0.6) is 0 Å². The van der Waals surface area contributed by atoms with E-state index in [1.807, 2.05) is 24.3 Å². The van der Waals surface area contributed by atoms with Crippen LogP contribution in [0.4, 0.5) is 5.69 Å². The monoisotopic (exact) mass is 279 g/mol. The number of nitrogens with one attached hydrogen (secondary N) is 1. The SMILES string of the molecule is C[C@H](Nc1cccc(C#N)c1)c1cccc(CN(C)C)c1. The lowest BCUT2D eigenvalue weighted by Gasteiger charge is -2.18. The van der Waals surface area contributed by atoms with E-state index in [4.69, 9.17) is 5.26 Å². The molecule has 21 heavy (non-hydrogen) atoms. The van der Waals surface area contributed by atoms with Gasteiger partial charge in [-0.2, -0.15) is 5.26 Å². The van der Waals surface area contributed by atoms with Gasteiger partial charge < -0.3 is 10.2 Å². The minimum atomic E-state index is 0.195. The highest BCUT2D eigenvalue weighted by atomic mass is 15.0. The predicted molar refractivity (Wildman–Crippen MR) is 87.0 cm³/mol. The van der Waals surface area contributed by atoms with Crippen LogP contribution in [0.3, 0.4) is 0 Å². The molecule has 0 bridgehead atoms. The number of benzene rings is 2. The van der Waals surface area contributed by atoms with Crippen molar-refractivity contribution < 1.29 is 0 Å². The quantitative estimate of drug-likeness (QED) is 0.905. The van der Waals surface area contributed by atoms with Gasteiger partial charge in [0, 0.05) is 18.3 Å². The van der Waals surface area contributed by atoms with E-state index in [1.165, 1.54) is 11.1 Å². The van der Waals surface area contributed by atoms with Crippen LogP contribution in [0.15, 0.2) is 48.5 Å². The second-order valence-corrected chi connectivity index (χ2v) is 5.54. The molecule has 0 aliphatic heterocycles. The van der Waals surface area contributed by atoms with Crippen LogP contribution >= 0.6 is 0 Å². The standard InChI is InChI=1S/C18H21N3/c1-14(20-18-9-5-6-15(11-18)12-19)17-8-4-7-16(10-17)13-21(2)3/h4-11,14,20H,13H2,1-3H3/t14-/m0/s1. The summed E-state index contributed by atoms with van der Waals surface area (Å²) >= 11 is 0. The highest BCUT2D eigenvalue weighted by molar-refractivity contribution is 5.50. The van der Waals surface area contributed by atoms with Gasteiger partial charge in [0.1, 0.15) is 0 Å². The maximum atomic E-state index is 8.95. The van der Waals surface area contributed by atoms with Crippen LogP contribution in [-0.4, -0.2) is 19.0 Å². The van der Waals surface area contributed by atoms with Gasteiger partial charge in [0.2, 0.25) is 0 Å². The molecule has 1 atom stereocenters. The molecule has 0 aromatic heterocycles. The first-order valence-electron chi connectivity index (χ1n) is 7.09. The Labute approximate surface area is 126 Å². The zero-order chi connectivity index (χ0) is 15.2. The summed E-state index contributed by atoms with van der Waals surface area (Å²) in [6, 6.07) is 18.5. The smallest absolute Gasteiger partial charge is 0.0992 e. The van der Waals surface area contributed by atoms with E-state index in [2.05, 4.69) is 61.6 Å². The molecule has 0 unspecified atom stereocenters. The Balaban J connectivity index is 2.12. The molecule has 3 nitrogen and oxygen atoms in total. The van der Waals surface area contributed by atoms with Gasteiger partial charge in [0.05, 0.1) is 11.6 Å².